The zero-order chi connectivity index (χ0) is 24.0. The van der Waals surface area contributed by atoms with Gasteiger partial charge in [-0.2, -0.15) is 13.2 Å². The van der Waals surface area contributed by atoms with E-state index in [1.807, 2.05) is 36.6 Å². The number of carbonyl (C=O) groups excluding carboxylic acids is 1. The maximum Gasteiger partial charge on any atom is 0.416 e. The molecular formula is C23H16F3N5O2S. The Hall–Kier alpha value is -3.99. The van der Waals surface area contributed by atoms with Crippen LogP contribution in [0.25, 0.3) is 27.0 Å². The van der Waals surface area contributed by atoms with Crippen LogP contribution < -0.4 is 11.0 Å². The van der Waals surface area contributed by atoms with Crippen molar-refractivity contribution in [2.75, 3.05) is 5.32 Å². The van der Waals surface area contributed by atoms with Crippen LogP contribution >= 0.6 is 11.3 Å². The van der Waals surface area contributed by atoms with Gasteiger partial charge < -0.3 is 5.32 Å². The van der Waals surface area contributed by atoms with Crippen LogP contribution in [0.5, 0.6) is 0 Å². The molecule has 3 heterocycles. The summed E-state index contributed by atoms with van der Waals surface area (Å²) >= 11 is 1.38. The van der Waals surface area contributed by atoms with Crippen LogP contribution in [0.15, 0.2) is 65.0 Å². The topological polar surface area (TPSA) is 81.3 Å². The fourth-order valence-corrected chi connectivity index (χ4v) is 4.59. The predicted octanol–water partition coefficient (Wildman–Crippen LogP) is 4.74. The Morgan fingerprint density at radius 1 is 1.15 bits per heavy atom. The van der Waals surface area contributed by atoms with Gasteiger partial charge in [0.1, 0.15) is 12.9 Å². The maximum absolute atomic E-state index is 12.9. The lowest BCUT2D eigenvalue weighted by Gasteiger charge is -2.09. The highest BCUT2D eigenvalue weighted by atomic mass is 32.1. The Kier molecular flexibility index (Phi) is 5.20. The Balaban J connectivity index is 1.45. The van der Waals surface area contributed by atoms with Crippen molar-refractivity contribution in [2.24, 2.45) is 0 Å². The number of benzene rings is 2. The summed E-state index contributed by atoms with van der Waals surface area (Å²) < 4.78 is 41.6. The van der Waals surface area contributed by atoms with Crippen LogP contribution in [0.2, 0.25) is 0 Å². The van der Waals surface area contributed by atoms with E-state index in [9.17, 15) is 22.8 Å². The third-order valence-electron chi connectivity index (χ3n) is 5.27. The van der Waals surface area contributed by atoms with E-state index in [4.69, 9.17) is 0 Å². The number of halogens is 3. The summed E-state index contributed by atoms with van der Waals surface area (Å²) in [6.07, 6.45) is -3.17. The smallest absolute Gasteiger partial charge is 0.324 e. The first kappa shape index (κ1) is 21.8. The molecule has 172 valence electrons. The largest absolute Gasteiger partial charge is 0.416 e. The monoisotopic (exact) mass is 483 g/mol. The number of carbonyl (C=O) groups is 1. The molecule has 0 spiro atoms. The molecule has 2 aromatic carbocycles. The number of hydrogen-bond acceptors (Lipinski definition) is 5. The van der Waals surface area contributed by atoms with E-state index in [0.29, 0.717) is 15.9 Å². The first-order valence-electron chi connectivity index (χ1n) is 10.1. The summed E-state index contributed by atoms with van der Waals surface area (Å²) in [5.41, 5.74) is 2.58. The Morgan fingerprint density at radius 2 is 1.91 bits per heavy atom. The van der Waals surface area contributed by atoms with Gasteiger partial charge in [0.25, 0.3) is 0 Å². The van der Waals surface area contributed by atoms with Crippen LogP contribution in [0.1, 0.15) is 11.1 Å². The van der Waals surface area contributed by atoms with Crippen LogP contribution in [0, 0.1) is 6.92 Å². The minimum absolute atomic E-state index is 0.0262. The molecule has 0 fully saturated rings. The molecule has 0 radical (unpaired) electrons. The van der Waals surface area contributed by atoms with Gasteiger partial charge in [0, 0.05) is 16.6 Å². The van der Waals surface area contributed by atoms with Crippen molar-refractivity contribution in [1.82, 2.24) is 19.2 Å². The van der Waals surface area contributed by atoms with E-state index in [1.54, 1.807) is 0 Å². The minimum atomic E-state index is -4.53. The van der Waals surface area contributed by atoms with Gasteiger partial charge in [-0.15, -0.1) is 16.4 Å². The van der Waals surface area contributed by atoms with E-state index >= 15 is 0 Å². The summed E-state index contributed by atoms with van der Waals surface area (Å²) in [6.45, 7) is 1.54. The number of nitrogens with one attached hydrogen (secondary N) is 1. The molecule has 7 nitrogen and oxygen atoms in total. The number of fused-ring (bicyclic) bond motifs is 3. The number of anilines is 1. The van der Waals surface area contributed by atoms with Gasteiger partial charge in [-0.25, -0.2) is 18.9 Å². The average Bonchev–Trinajstić information content (AvgIpc) is 3.35. The molecule has 0 aliphatic heterocycles. The van der Waals surface area contributed by atoms with E-state index in [-0.39, 0.29) is 5.69 Å². The van der Waals surface area contributed by atoms with E-state index in [1.165, 1.54) is 34.2 Å². The molecule has 5 aromatic rings. The Morgan fingerprint density at radius 3 is 2.65 bits per heavy atom. The first-order valence-corrected chi connectivity index (χ1v) is 11.0. The number of aromatic nitrogens is 4. The fourth-order valence-electron chi connectivity index (χ4n) is 3.58. The van der Waals surface area contributed by atoms with Gasteiger partial charge in [-0.05, 0) is 30.7 Å². The van der Waals surface area contributed by atoms with Crippen molar-refractivity contribution in [3.05, 3.63) is 81.8 Å². The van der Waals surface area contributed by atoms with Gasteiger partial charge in [0.15, 0.2) is 5.65 Å². The van der Waals surface area contributed by atoms with Gasteiger partial charge >= 0.3 is 11.9 Å². The lowest BCUT2D eigenvalue weighted by molar-refractivity contribution is -0.137. The summed E-state index contributed by atoms with van der Waals surface area (Å²) in [6, 6.07) is 12.3. The number of thiophene rings is 1. The van der Waals surface area contributed by atoms with E-state index in [0.717, 1.165) is 33.5 Å². The first-order chi connectivity index (χ1) is 16.2. The van der Waals surface area contributed by atoms with Crippen molar-refractivity contribution in [3.63, 3.8) is 0 Å². The SMILES string of the molecule is Cc1ccc(-c2csc3c2ncn2c(=O)n(CC(=O)Nc4cccc(C(F)(F)F)c4)nc32)cc1. The van der Waals surface area contributed by atoms with Gasteiger partial charge in [-0.1, -0.05) is 35.9 Å². The van der Waals surface area contributed by atoms with Crippen LogP contribution in [0.3, 0.4) is 0 Å². The summed E-state index contributed by atoms with van der Waals surface area (Å²) in [5.74, 6) is -0.680. The second-order valence-corrected chi connectivity index (χ2v) is 8.58. The highest BCUT2D eigenvalue weighted by Crippen LogP contribution is 2.34. The van der Waals surface area contributed by atoms with Gasteiger partial charge in [0.2, 0.25) is 5.91 Å². The van der Waals surface area contributed by atoms with Crippen LogP contribution in [-0.4, -0.2) is 25.1 Å². The molecule has 0 bridgehead atoms. The molecule has 0 saturated carbocycles. The quantitative estimate of drug-likeness (QED) is 0.401. The molecule has 0 unspecified atom stereocenters. The van der Waals surface area contributed by atoms with Gasteiger partial charge in [0.05, 0.1) is 15.8 Å². The highest BCUT2D eigenvalue weighted by molar-refractivity contribution is 7.18. The third kappa shape index (κ3) is 3.94. The van der Waals surface area contributed by atoms with Crippen LogP contribution in [-0.2, 0) is 17.5 Å². The van der Waals surface area contributed by atoms with Gasteiger partial charge in [-0.3, -0.25) is 4.79 Å². The molecule has 0 aliphatic carbocycles. The third-order valence-corrected chi connectivity index (χ3v) is 6.24. The Labute approximate surface area is 194 Å². The lowest BCUT2D eigenvalue weighted by Crippen LogP contribution is -2.28. The van der Waals surface area contributed by atoms with Crippen LogP contribution in [0.4, 0.5) is 18.9 Å². The number of aryl methyl sites for hydroxylation is 1. The molecule has 5 rings (SSSR count). The zero-order valence-corrected chi connectivity index (χ0v) is 18.4. The molecule has 1 amide bonds. The minimum Gasteiger partial charge on any atom is -0.324 e. The number of nitrogens with zero attached hydrogens (tertiary/aromatic N) is 4. The number of amides is 1. The molecule has 3 aromatic heterocycles. The van der Waals surface area contributed by atoms with Crippen molar-refractivity contribution < 1.29 is 18.0 Å². The fraction of sp³-hybridized carbons (Fsp3) is 0.130. The number of rotatable bonds is 4. The molecule has 11 heteroatoms. The highest BCUT2D eigenvalue weighted by Gasteiger charge is 2.30. The zero-order valence-electron chi connectivity index (χ0n) is 17.6. The molecule has 0 atom stereocenters. The standard InChI is InChI=1S/C23H16F3N5O2S/c1-13-5-7-14(8-6-13)17-11-34-20-19(17)27-12-30-21(20)29-31(22(30)33)10-18(32)28-16-4-2-3-15(9-16)23(24,25)26/h2-9,11-12H,10H2,1H3,(H,28,32). The lowest BCUT2D eigenvalue weighted by atomic mass is 10.1. The molecule has 0 aliphatic rings. The number of alkyl halides is 3. The summed E-state index contributed by atoms with van der Waals surface area (Å²) in [4.78, 5) is 29.6. The second kappa shape index (κ2) is 8.10. The molecule has 34 heavy (non-hydrogen) atoms. The van der Waals surface area contributed by atoms with Crippen molar-refractivity contribution >= 4 is 38.8 Å². The van der Waals surface area contributed by atoms with Crippen molar-refractivity contribution in [3.8, 4) is 11.1 Å². The second-order valence-electron chi connectivity index (χ2n) is 7.70. The Bertz CT molecular complexity index is 1600. The predicted molar refractivity (Wildman–Crippen MR) is 123 cm³/mol. The molecular weight excluding hydrogens is 467 g/mol. The van der Waals surface area contributed by atoms with Crippen molar-refractivity contribution in [2.45, 2.75) is 19.6 Å². The van der Waals surface area contributed by atoms with Crippen molar-refractivity contribution in [1.29, 1.82) is 0 Å². The number of hydrogen-bond donors (Lipinski definition) is 1. The average molecular weight is 483 g/mol. The molecule has 0 saturated heterocycles. The maximum atomic E-state index is 12.9. The van der Waals surface area contributed by atoms with E-state index in [2.05, 4.69) is 15.4 Å². The summed E-state index contributed by atoms with van der Waals surface area (Å²) in [7, 11) is 0. The van der Waals surface area contributed by atoms with E-state index < -0.39 is 29.9 Å². The molecule has 1 N–H and O–H groups in total. The normalized spacial score (nSPS) is 11.9. The summed E-state index contributed by atoms with van der Waals surface area (Å²) in [5, 5.41) is 8.61.